The summed E-state index contributed by atoms with van der Waals surface area (Å²) < 4.78 is 0. The number of amides is 1. The molecule has 0 aliphatic rings. The Morgan fingerprint density at radius 3 is 2.89 bits per heavy atom. The molecule has 6 heteroatoms. The molecule has 0 unspecified atom stereocenters. The van der Waals surface area contributed by atoms with Crippen LogP contribution in [0, 0.1) is 6.92 Å². The lowest BCUT2D eigenvalue weighted by molar-refractivity contribution is -0.114. The second-order valence-electron chi connectivity index (χ2n) is 3.91. The van der Waals surface area contributed by atoms with Gasteiger partial charge in [0.25, 0.3) is 0 Å². The van der Waals surface area contributed by atoms with Gasteiger partial charge in [-0.2, -0.15) is 0 Å². The van der Waals surface area contributed by atoms with E-state index in [0.29, 0.717) is 16.3 Å². The van der Waals surface area contributed by atoms with Crippen LogP contribution in [0.2, 0.25) is 0 Å². The maximum Gasteiger partial charge on any atom is 0.238 e. The molecule has 0 atom stereocenters. The molecule has 1 amide bonds. The van der Waals surface area contributed by atoms with Crippen LogP contribution < -0.4 is 11.1 Å². The number of nitrogens with one attached hydrogen (secondary N) is 1. The number of nitrogens with two attached hydrogens (primary N) is 1. The number of rotatable bonds is 4. The Hall–Kier alpha value is -2.05. The number of hydrogen-bond donors (Lipinski definition) is 2. The molecule has 2 aromatic rings. The van der Waals surface area contributed by atoms with Crippen LogP contribution in [0.4, 0.5) is 5.00 Å². The molecular formula is C13H13N3O2S. The number of hydrogen-bond acceptors (Lipinski definition) is 5. The number of ketones is 1. The Bertz CT molecular complexity index is 622. The first kappa shape index (κ1) is 13.4. The average molecular weight is 275 g/mol. The van der Waals surface area contributed by atoms with Crippen LogP contribution >= 0.6 is 11.3 Å². The minimum Gasteiger partial charge on any atom is -0.322 e. The van der Waals surface area contributed by atoms with Crippen molar-refractivity contribution >= 4 is 28.0 Å². The van der Waals surface area contributed by atoms with Crippen LogP contribution in [0.1, 0.15) is 21.6 Å². The fraction of sp³-hybridized carbons (Fsp3) is 0.154. The zero-order chi connectivity index (χ0) is 13.8. The zero-order valence-electron chi connectivity index (χ0n) is 10.3. The molecule has 98 valence electrons. The Morgan fingerprint density at radius 1 is 1.42 bits per heavy atom. The van der Waals surface area contributed by atoms with Crippen molar-refractivity contribution in [2.75, 3.05) is 11.9 Å². The SMILES string of the molecule is Cc1cccnc1C(=O)c1ccsc1NC(=O)CN. The molecule has 2 heterocycles. The molecule has 0 aliphatic heterocycles. The number of nitrogens with zero attached hydrogens (tertiary/aromatic N) is 1. The van der Waals surface area contributed by atoms with Crippen molar-refractivity contribution in [1.82, 2.24) is 4.98 Å². The van der Waals surface area contributed by atoms with Crippen LogP contribution in [0.25, 0.3) is 0 Å². The molecule has 0 saturated heterocycles. The highest BCUT2D eigenvalue weighted by molar-refractivity contribution is 7.14. The number of pyridine rings is 1. The van der Waals surface area contributed by atoms with E-state index in [4.69, 9.17) is 5.73 Å². The summed E-state index contributed by atoms with van der Waals surface area (Å²) in [5.41, 5.74) is 6.88. The maximum atomic E-state index is 12.4. The summed E-state index contributed by atoms with van der Waals surface area (Å²) in [5.74, 6) is -0.527. The first-order chi connectivity index (χ1) is 9.13. The molecule has 2 rings (SSSR count). The molecule has 0 saturated carbocycles. The first-order valence-electron chi connectivity index (χ1n) is 5.67. The fourth-order valence-electron chi connectivity index (χ4n) is 1.61. The van der Waals surface area contributed by atoms with E-state index in [1.54, 1.807) is 23.7 Å². The highest BCUT2D eigenvalue weighted by Crippen LogP contribution is 2.26. The average Bonchev–Trinajstić information content (AvgIpc) is 2.86. The number of aromatic nitrogens is 1. The van der Waals surface area contributed by atoms with Gasteiger partial charge in [0, 0.05) is 6.20 Å². The van der Waals surface area contributed by atoms with Crippen molar-refractivity contribution in [3.05, 3.63) is 46.6 Å². The monoisotopic (exact) mass is 275 g/mol. The van der Waals surface area contributed by atoms with E-state index in [-0.39, 0.29) is 18.2 Å². The van der Waals surface area contributed by atoms with Crippen molar-refractivity contribution in [1.29, 1.82) is 0 Å². The third-order valence-electron chi connectivity index (χ3n) is 2.57. The Kier molecular flexibility index (Phi) is 4.03. The molecule has 19 heavy (non-hydrogen) atoms. The van der Waals surface area contributed by atoms with Gasteiger partial charge >= 0.3 is 0 Å². The topological polar surface area (TPSA) is 85.1 Å². The first-order valence-corrected chi connectivity index (χ1v) is 6.55. The van der Waals surface area contributed by atoms with E-state index in [0.717, 1.165) is 5.56 Å². The minimum absolute atomic E-state index is 0.117. The van der Waals surface area contributed by atoms with Crippen LogP contribution in [0.5, 0.6) is 0 Å². The lowest BCUT2D eigenvalue weighted by Gasteiger charge is -2.06. The smallest absolute Gasteiger partial charge is 0.238 e. The third-order valence-corrected chi connectivity index (χ3v) is 3.40. The van der Waals surface area contributed by atoms with Crippen LogP contribution in [-0.4, -0.2) is 23.2 Å². The van der Waals surface area contributed by atoms with Gasteiger partial charge in [0.15, 0.2) is 0 Å². The lowest BCUT2D eigenvalue weighted by Crippen LogP contribution is -2.22. The molecule has 5 nitrogen and oxygen atoms in total. The molecule has 0 aliphatic carbocycles. The molecule has 2 aromatic heterocycles. The van der Waals surface area contributed by atoms with Crippen molar-refractivity contribution in [3.8, 4) is 0 Å². The number of anilines is 1. The molecule has 0 bridgehead atoms. The van der Waals surface area contributed by atoms with Gasteiger partial charge in [-0.3, -0.25) is 14.6 Å². The molecule has 0 spiro atoms. The van der Waals surface area contributed by atoms with Crippen LogP contribution in [0.3, 0.4) is 0 Å². The van der Waals surface area contributed by atoms with Gasteiger partial charge in [0.1, 0.15) is 10.7 Å². The summed E-state index contributed by atoms with van der Waals surface area (Å²) in [6.45, 7) is 1.71. The molecule has 0 fully saturated rings. The molecule has 3 N–H and O–H groups in total. The Morgan fingerprint density at radius 2 is 2.21 bits per heavy atom. The zero-order valence-corrected chi connectivity index (χ0v) is 11.2. The lowest BCUT2D eigenvalue weighted by atomic mass is 10.1. The second-order valence-corrected chi connectivity index (χ2v) is 4.83. The van der Waals surface area contributed by atoms with Gasteiger partial charge in [0.2, 0.25) is 11.7 Å². The highest BCUT2D eigenvalue weighted by Gasteiger charge is 2.18. The quantitative estimate of drug-likeness (QED) is 0.830. The summed E-state index contributed by atoms with van der Waals surface area (Å²) in [4.78, 5) is 27.8. The predicted molar refractivity (Wildman–Crippen MR) is 74.4 cm³/mol. The number of aryl methyl sites for hydroxylation is 1. The number of thiophene rings is 1. The minimum atomic E-state index is -0.325. The number of carbonyl (C=O) groups is 2. The van der Waals surface area contributed by atoms with Crippen molar-refractivity contribution in [2.24, 2.45) is 5.73 Å². The number of carbonyl (C=O) groups excluding carboxylic acids is 2. The molecule has 0 radical (unpaired) electrons. The van der Waals surface area contributed by atoms with Crippen molar-refractivity contribution < 1.29 is 9.59 Å². The summed E-state index contributed by atoms with van der Waals surface area (Å²) in [6.07, 6.45) is 1.57. The van der Waals surface area contributed by atoms with E-state index in [1.165, 1.54) is 11.3 Å². The predicted octanol–water partition coefficient (Wildman–Crippen LogP) is 1.58. The van der Waals surface area contributed by atoms with Crippen LogP contribution in [-0.2, 0) is 4.79 Å². The van der Waals surface area contributed by atoms with E-state index in [2.05, 4.69) is 10.3 Å². The standard InChI is InChI=1S/C13H13N3O2S/c1-8-3-2-5-15-11(8)12(18)9-4-6-19-13(9)16-10(17)7-14/h2-6H,7,14H2,1H3,(H,16,17). The van der Waals surface area contributed by atoms with Crippen molar-refractivity contribution in [2.45, 2.75) is 6.92 Å². The maximum absolute atomic E-state index is 12.4. The van der Waals surface area contributed by atoms with E-state index in [1.807, 2.05) is 13.0 Å². The van der Waals surface area contributed by atoms with Gasteiger partial charge in [-0.05, 0) is 30.0 Å². The van der Waals surface area contributed by atoms with E-state index in [9.17, 15) is 9.59 Å². The molecule has 0 aromatic carbocycles. The van der Waals surface area contributed by atoms with Gasteiger partial charge < -0.3 is 11.1 Å². The van der Waals surface area contributed by atoms with Crippen LogP contribution in [0.15, 0.2) is 29.8 Å². The van der Waals surface area contributed by atoms with Gasteiger partial charge in [-0.25, -0.2) is 0 Å². The fourth-order valence-corrected chi connectivity index (χ4v) is 2.41. The van der Waals surface area contributed by atoms with Crippen molar-refractivity contribution in [3.63, 3.8) is 0 Å². The van der Waals surface area contributed by atoms with Gasteiger partial charge in [0.05, 0.1) is 12.1 Å². The largest absolute Gasteiger partial charge is 0.322 e. The summed E-state index contributed by atoms with van der Waals surface area (Å²) in [6, 6.07) is 5.27. The third kappa shape index (κ3) is 2.86. The normalized spacial score (nSPS) is 10.2. The van der Waals surface area contributed by atoms with Gasteiger partial charge in [-0.1, -0.05) is 6.07 Å². The Labute approximate surface area is 114 Å². The highest BCUT2D eigenvalue weighted by atomic mass is 32.1. The molecular weight excluding hydrogens is 262 g/mol. The van der Waals surface area contributed by atoms with Gasteiger partial charge in [-0.15, -0.1) is 11.3 Å². The summed E-state index contributed by atoms with van der Waals surface area (Å²) >= 11 is 1.29. The Balaban J connectivity index is 2.33. The summed E-state index contributed by atoms with van der Waals surface area (Å²) in [5, 5.41) is 4.87. The second kappa shape index (κ2) is 5.73. The van der Waals surface area contributed by atoms with E-state index < -0.39 is 0 Å². The summed E-state index contributed by atoms with van der Waals surface area (Å²) in [7, 11) is 0. The van der Waals surface area contributed by atoms with E-state index >= 15 is 0 Å².